The Kier molecular flexibility index (Phi) is 5.14. The van der Waals surface area contributed by atoms with Crippen LogP contribution >= 0.6 is 0 Å². The van der Waals surface area contributed by atoms with Crippen LogP contribution in [0.25, 0.3) is 22.2 Å². The second kappa shape index (κ2) is 7.49. The molecule has 1 heterocycles. The molecule has 0 bridgehead atoms. The first-order valence-corrected chi connectivity index (χ1v) is 8.27. The molecule has 0 aliphatic rings. The van der Waals surface area contributed by atoms with Crippen LogP contribution in [0.4, 0.5) is 10.1 Å². The predicted molar refractivity (Wildman–Crippen MR) is 98.4 cm³/mol. The fourth-order valence-corrected chi connectivity index (χ4v) is 2.60. The van der Waals surface area contributed by atoms with Crippen LogP contribution in [0.1, 0.15) is 12.5 Å². The third-order valence-corrected chi connectivity index (χ3v) is 4.08. The van der Waals surface area contributed by atoms with Gasteiger partial charge in [0.1, 0.15) is 25.1 Å². The van der Waals surface area contributed by atoms with E-state index < -0.39 is 12.8 Å². The number of hydrogen-bond acceptors (Lipinski definition) is 4. The van der Waals surface area contributed by atoms with E-state index in [-0.39, 0.29) is 6.61 Å². The van der Waals surface area contributed by atoms with Gasteiger partial charge in [0.15, 0.2) is 0 Å². The zero-order valence-corrected chi connectivity index (χ0v) is 14.1. The summed E-state index contributed by atoms with van der Waals surface area (Å²) in [6.07, 6.45) is -0.171. The largest absolute Gasteiger partial charge is 0.489 e. The van der Waals surface area contributed by atoms with E-state index in [9.17, 15) is 9.50 Å². The summed E-state index contributed by atoms with van der Waals surface area (Å²) < 4.78 is 17.8. The second-order valence-corrected chi connectivity index (χ2v) is 5.95. The van der Waals surface area contributed by atoms with Gasteiger partial charge in [0, 0.05) is 10.9 Å². The minimum absolute atomic E-state index is 0.144. The molecule has 0 saturated carbocycles. The van der Waals surface area contributed by atoms with Gasteiger partial charge in [-0.3, -0.25) is 0 Å². The Morgan fingerprint density at radius 3 is 2.76 bits per heavy atom. The molecule has 25 heavy (non-hydrogen) atoms. The molecular weight excluding hydrogens is 319 g/mol. The van der Waals surface area contributed by atoms with Crippen LogP contribution in [0.3, 0.4) is 0 Å². The molecule has 0 amide bonds. The molecule has 2 aromatic carbocycles. The predicted octanol–water partition coefficient (Wildman–Crippen LogP) is 3.76. The monoisotopic (exact) mass is 340 g/mol. The number of hydrogen-bond donors (Lipinski definition) is 2. The Hall–Kier alpha value is -2.66. The number of nitrogens with two attached hydrogens (primary N) is 1. The maximum absolute atomic E-state index is 12.4. The number of aliphatic hydroxyl groups excluding tert-OH is 1. The lowest BCUT2D eigenvalue weighted by Gasteiger charge is -2.13. The topological polar surface area (TPSA) is 68.4 Å². The highest BCUT2D eigenvalue weighted by Gasteiger charge is 2.09. The van der Waals surface area contributed by atoms with E-state index in [1.807, 2.05) is 24.3 Å². The van der Waals surface area contributed by atoms with Crippen LogP contribution in [-0.4, -0.2) is 29.5 Å². The Morgan fingerprint density at radius 1 is 1.16 bits per heavy atom. The fraction of sp³-hybridized carbons (Fsp3) is 0.250. The van der Waals surface area contributed by atoms with E-state index in [1.54, 1.807) is 12.1 Å². The van der Waals surface area contributed by atoms with E-state index in [1.165, 1.54) is 5.56 Å². The molecule has 5 heteroatoms. The van der Waals surface area contributed by atoms with Crippen LogP contribution < -0.4 is 10.5 Å². The van der Waals surface area contributed by atoms with Gasteiger partial charge in [0.25, 0.3) is 0 Å². The van der Waals surface area contributed by atoms with Gasteiger partial charge >= 0.3 is 0 Å². The van der Waals surface area contributed by atoms with Crippen LogP contribution in [0, 0.1) is 0 Å². The molecule has 3 rings (SSSR count). The normalized spacial score (nSPS) is 12.3. The molecule has 0 aliphatic heterocycles. The molecule has 1 unspecified atom stereocenters. The Balaban J connectivity index is 1.91. The molecule has 0 saturated heterocycles. The first-order chi connectivity index (χ1) is 12.1. The Labute approximate surface area is 146 Å². The third-order valence-electron chi connectivity index (χ3n) is 4.08. The SMILES string of the molecule is CCc1ccc2nc(-c3ccc(N)c(OCC(O)CF)c3)ccc2c1. The Bertz CT molecular complexity index is 883. The van der Waals surface area contributed by atoms with Crippen molar-refractivity contribution < 1.29 is 14.2 Å². The van der Waals surface area contributed by atoms with Crippen molar-refractivity contribution in [3.63, 3.8) is 0 Å². The summed E-state index contributed by atoms with van der Waals surface area (Å²) in [6, 6.07) is 15.6. The molecule has 1 aromatic heterocycles. The maximum atomic E-state index is 12.4. The number of nitrogens with zero attached hydrogens (tertiary/aromatic N) is 1. The van der Waals surface area contributed by atoms with Crippen LogP contribution in [0.2, 0.25) is 0 Å². The van der Waals surface area contributed by atoms with E-state index in [2.05, 4.69) is 19.1 Å². The number of pyridine rings is 1. The number of benzene rings is 2. The zero-order chi connectivity index (χ0) is 17.8. The molecule has 0 spiro atoms. The van der Waals surface area contributed by atoms with Crippen molar-refractivity contribution in [3.8, 4) is 17.0 Å². The lowest BCUT2D eigenvalue weighted by atomic mass is 10.1. The van der Waals surface area contributed by atoms with Crippen molar-refractivity contribution in [3.05, 3.63) is 54.1 Å². The smallest absolute Gasteiger partial charge is 0.142 e. The summed E-state index contributed by atoms with van der Waals surface area (Å²) in [7, 11) is 0. The molecular formula is C20H21FN2O2. The second-order valence-electron chi connectivity index (χ2n) is 5.95. The number of nitrogen functional groups attached to an aromatic ring is 1. The highest BCUT2D eigenvalue weighted by molar-refractivity contribution is 5.82. The van der Waals surface area contributed by atoms with Crippen molar-refractivity contribution in [1.29, 1.82) is 0 Å². The van der Waals surface area contributed by atoms with E-state index in [0.717, 1.165) is 28.6 Å². The summed E-state index contributed by atoms with van der Waals surface area (Å²) in [6.45, 7) is 1.12. The average Bonchev–Trinajstić information content (AvgIpc) is 2.66. The molecule has 3 aromatic rings. The van der Waals surface area contributed by atoms with Gasteiger partial charge in [-0.15, -0.1) is 0 Å². The molecule has 0 radical (unpaired) electrons. The highest BCUT2D eigenvalue weighted by Crippen LogP contribution is 2.29. The number of aromatic nitrogens is 1. The number of aliphatic hydroxyl groups is 1. The first kappa shape index (κ1) is 17.2. The van der Waals surface area contributed by atoms with Gasteiger partial charge in [-0.25, -0.2) is 9.37 Å². The molecule has 1 atom stereocenters. The summed E-state index contributed by atoms with van der Waals surface area (Å²) in [4.78, 5) is 4.70. The number of alkyl halides is 1. The van der Waals surface area contributed by atoms with Gasteiger partial charge < -0.3 is 15.6 Å². The summed E-state index contributed by atoms with van der Waals surface area (Å²) in [5.74, 6) is 0.410. The molecule has 4 nitrogen and oxygen atoms in total. The van der Waals surface area contributed by atoms with E-state index >= 15 is 0 Å². The number of aryl methyl sites for hydroxylation is 1. The first-order valence-electron chi connectivity index (χ1n) is 8.27. The molecule has 130 valence electrons. The van der Waals surface area contributed by atoms with E-state index in [4.69, 9.17) is 15.5 Å². The number of ether oxygens (including phenoxy) is 1. The lowest BCUT2D eigenvalue weighted by molar-refractivity contribution is 0.0845. The maximum Gasteiger partial charge on any atom is 0.142 e. The van der Waals surface area contributed by atoms with Crippen LogP contribution in [-0.2, 0) is 6.42 Å². The van der Waals surface area contributed by atoms with Gasteiger partial charge in [-0.05, 0) is 42.3 Å². The fourth-order valence-electron chi connectivity index (χ4n) is 2.60. The van der Waals surface area contributed by atoms with Crippen molar-refractivity contribution in [1.82, 2.24) is 4.98 Å². The average molecular weight is 340 g/mol. The lowest BCUT2D eigenvalue weighted by Crippen LogP contribution is -2.19. The van der Waals surface area contributed by atoms with Crippen molar-refractivity contribution >= 4 is 16.6 Å². The quantitative estimate of drug-likeness (QED) is 0.671. The summed E-state index contributed by atoms with van der Waals surface area (Å²) in [5, 5.41) is 10.4. The number of rotatable bonds is 6. The number of fused-ring (bicyclic) bond motifs is 1. The van der Waals surface area contributed by atoms with Crippen molar-refractivity contribution in [2.45, 2.75) is 19.4 Å². The number of halogens is 1. The van der Waals surface area contributed by atoms with Crippen LogP contribution in [0.5, 0.6) is 5.75 Å². The minimum Gasteiger partial charge on any atom is -0.489 e. The van der Waals surface area contributed by atoms with Gasteiger partial charge in [-0.1, -0.05) is 25.1 Å². The third kappa shape index (κ3) is 3.88. The van der Waals surface area contributed by atoms with Gasteiger partial charge in [0.05, 0.1) is 16.9 Å². The van der Waals surface area contributed by atoms with Gasteiger partial charge in [-0.2, -0.15) is 0 Å². The van der Waals surface area contributed by atoms with Crippen molar-refractivity contribution in [2.24, 2.45) is 0 Å². The minimum atomic E-state index is -1.16. The standard InChI is InChI=1S/C20H21FN2O2/c1-2-13-3-7-18-14(9-13)5-8-19(23-18)15-4-6-17(22)20(10-15)25-12-16(24)11-21/h3-10,16,24H,2,11-12,22H2,1H3. The highest BCUT2D eigenvalue weighted by atomic mass is 19.1. The van der Waals surface area contributed by atoms with Gasteiger partial charge in [0.2, 0.25) is 0 Å². The summed E-state index contributed by atoms with van der Waals surface area (Å²) >= 11 is 0. The van der Waals surface area contributed by atoms with Crippen LogP contribution in [0.15, 0.2) is 48.5 Å². The van der Waals surface area contributed by atoms with E-state index in [0.29, 0.717) is 11.4 Å². The molecule has 3 N–H and O–H groups in total. The molecule has 0 fully saturated rings. The summed E-state index contributed by atoms with van der Waals surface area (Å²) in [5.41, 5.74) is 10.2. The molecule has 0 aliphatic carbocycles. The zero-order valence-electron chi connectivity index (χ0n) is 14.1. The van der Waals surface area contributed by atoms with Crippen molar-refractivity contribution in [2.75, 3.05) is 19.0 Å². The Morgan fingerprint density at radius 2 is 2.00 bits per heavy atom. The number of anilines is 1.